The molecule has 0 bridgehead atoms. The fourth-order valence-electron chi connectivity index (χ4n) is 3.32. The number of benzene rings is 2. The molecule has 2 rings (SSSR count). The van der Waals surface area contributed by atoms with Crippen LogP contribution in [0.3, 0.4) is 0 Å². The number of hydrogen-bond donors (Lipinski definition) is 0. The predicted molar refractivity (Wildman–Crippen MR) is 119 cm³/mol. The largest absolute Gasteiger partial charge is 0.493 e. The van der Waals surface area contributed by atoms with Gasteiger partial charge in [0.2, 0.25) is 15.9 Å². The zero-order valence-corrected chi connectivity index (χ0v) is 19.2. The fraction of sp³-hybridized carbons (Fsp3) is 0.409. The van der Waals surface area contributed by atoms with E-state index in [0.29, 0.717) is 30.2 Å². The van der Waals surface area contributed by atoms with Gasteiger partial charge in [0.05, 0.1) is 26.2 Å². The summed E-state index contributed by atoms with van der Waals surface area (Å²) in [6, 6.07) is 11.7. The van der Waals surface area contributed by atoms with Crippen molar-refractivity contribution in [2.75, 3.05) is 31.8 Å². The molecule has 30 heavy (non-hydrogen) atoms. The van der Waals surface area contributed by atoms with E-state index in [9.17, 15) is 13.2 Å². The molecule has 0 fully saturated rings. The maximum atomic E-state index is 13.2. The van der Waals surface area contributed by atoms with Crippen LogP contribution in [-0.2, 0) is 21.4 Å². The summed E-state index contributed by atoms with van der Waals surface area (Å²) in [5.41, 5.74) is 2.33. The van der Waals surface area contributed by atoms with Gasteiger partial charge in [-0.1, -0.05) is 30.7 Å². The Morgan fingerprint density at radius 3 is 2.13 bits per heavy atom. The molecule has 0 saturated carbocycles. The van der Waals surface area contributed by atoms with Crippen LogP contribution in [0.4, 0.5) is 5.69 Å². The summed E-state index contributed by atoms with van der Waals surface area (Å²) in [6.07, 6.45) is 1.47. The van der Waals surface area contributed by atoms with Gasteiger partial charge >= 0.3 is 0 Å². The topological polar surface area (TPSA) is 76.2 Å². The van der Waals surface area contributed by atoms with Crippen molar-refractivity contribution >= 4 is 21.6 Å². The van der Waals surface area contributed by atoms with Gasteiger partial charge < -0.3 is 14.4 Å². The molecule has 0 aliphatic carbocycles. The molecule has 0 aromatic heterocycles. The third-order valence-electron chi connectivity index (χ3n) is 4.84. The van der Waals surface area contributed by atoms with Crippen LogP contribution in [0, 0.1) is 6.92 Å². The first kappa shape index (κ1) is 23.5. The maximum Gasteiger partial charge on any atom is 0.246 e. The summed E-state index contributed by atoms with van der Waals surface area (Å²) >= 11 is 0. The van der Waals surface area contributed by atoms with E-state index < -0.39 is 16.1 Å². The number of hydrogen-bond acceptors (Lipinski definition) is 5. The average molecular weight is 435 g/mol. The summed E-state index contributed by atoms with van der Waals surface area (Å²) < 4.78 is 36.9. The first-order valence-corrected chi connectivity index (χ1v) is 11.5. The highest BCUT2D eigenvalue weighted by Crippen LogP contribution is 2.28. The first-order chi connectivity index (χ1) is 14.1. The molecule has 2 aromatic rings. The number of ether oxygens (including phenoxy) is 2. The van der Waals surface area contributed by atoms with Crippen molar-refractivity contribution in [1.29, 1.82) is 0 Å². The van der Waals surface area contributed by atoms with Gasteiger partial charge in [-0.2, -0.15) is 0 Å². The lowest BCUT2D eigenvalue weighted by atomic mass is 10.1. The van der Waals surface area contributed by atoms with Crippen LogP contribution in [-0.4, -0.2) is 52.8 Å². The molecule has 164 valence electrons. The van der Waals surface area contributed by atoms with E-state index in [0.717, 1.165) is 17.4 Å². The van der Waals surface area contributed by atoms with Gasteiger partial charge in [-0.15, -0.1) is 0 Å². The molecule has 0 aliphatic heterocycles. The number of rotatable bonds is 9. The van der Waals surface area contributed by atoms with Crippen molar-refractivity contribution in [3.63, 3.8) is 0 Å². The highest BCUT2D eigenvalue weighted by Gasteiger charge is 2.33. The van der Waals surface area contributed by atoms with Gasteiger partial charge in [-0.3, -0.25) is 9.10 Å². The van der Waals surface area contributed by atoms with Gasteiger partial charge in [-0.05, 0) is 43.2 Å². The van der Waals surface area contributed by atoms with Crippen molar-refractivity contribution in [3.8, 4) is 11.5 Å². The molecule has 2 aromatic carbocycles. The highest BCUT2D eigenvalue weighted by atomic mass is 32.2. The lowest BCUT2D eigenvalue weighted by molar-refractivity contribution is -0.131. The Morgan fingerprint density at radius 2 is 1.63 bits per heavy atom. The zero-order chi connectivity index (χ0) is 22.5. The Morgan fingerprint density at radius 1 is 1.03 bits per heavy atom. The SMILES string of the molecule is CC[C@H](C(=O)N(C)Cc1ccc(OC)c(OC)c1)N(c1ccc(C)cc1)S(C)(=O)=O. The minimum absolute atomic E-state index is 0.279. The van der Waals surface area contributed by atoms with Crippen LogP contribution >= 0.6 is 0 Å². The van der Waals surface area contributed by atoms with E-state index in [-0.39, 0.29) is 5.91 Å². The lowest BCUT2D eigenvalue weighted by Gasteiger charge is -2.33. The van der Waals surface area contributed by atoms with Crippen LogP contribution in [0.5, 0.6) is 11.5 Å². The number of amides is 1. The Labute approximate surface area is 179 Å². The number of likely N-dealkylation sites (N-methyl/N-ethyl adjacent to an activating group) is 1. The Hall–Kier alpha value is -2.74. The van der Waals surface area contributed by atoms with Crippen molar-refractivity contribution < 1.29 is 22.7 Å². The lowest BCUT2D eigenvalue weighted by Crippen LogP contribution is -2.49. The van der Waals surface area contributed by atoms with Gasteiger partial charge in [0.1, 0.15) is 6.04 Å². The van der Waals surface area contributed by atoms with Gasteiger partial charge in [0.15, 0.2) is 11.5 Å². The molecule has 0 heterocycles. The van der Waals surface area contributed by atoms with E-state index in [1.807, 2.05) is 25.1 Å². The number of nitrogens with zero attached hydrogens (tertiary/aromatic N) is 2. The second kappa shape index (κ2) is 9.84. The third kappa shape index (κ3) is 5.44. The van der Waals surface area contributed by atoms with E-state index in [1.165, 1.54) is 9.21 Å². The van der Waals surface area contributed by atoms with Crippen LogP contribution in [0.2, 0.25) is 0 Å². The van der Waals surface area contributed by atoms with Crippen molar-refractivity contribution in [3.05, 3.63) is 53.6 Å². The quantitative estimate of drug-likeness (QED) is 0.606. The summed E-state index contributed by atoms with van der Waals surface area (Å²) in [5, 5.41) is 0. The summed E-state index contributed by atoms with van der Waals surface area (Å²) in [4.78, 5) is 14.8. The number of carbonyl (C=O) groups excluding carboxylic acids is 1. The minimum Gasteiger partial charge on any atom is -0.493 e. The average Bonchev–Trinajstić information content (AvgIpc) is 2.71. The Bertz CT molecular complexity index is 974. The standard InChI is InChI=1S/C22H30N2O5S/c1-7-19(24(30(6,26)27)18-11-8-16(2)9-12-18)22(25)23(3)15-17-10-13-20(28-4)21(14-17)29-5/h8-14,19H,7,15H2,1-6H3/t19-/m1/s1. The molecular weight excluding hydrogens is 404 g/mol. The fourth-order valence-corrected chi connectivity index (χ4v) is 4.53. The van der Waals surface area contributed by atoms with E-state index in [4.69, 9.17) is 9.47 Å². The molecule has 0 N–H and O–H groups in total. The second-order valence-corrected chi connectivity index (χ2v) is 9.06. The monoisotopic (exact) mass is 434 g/mol. The summed E-state index contributed by atoms with van der Waals surface area (Å²) in [6.45, 7) is 4.04. The normalized spacial score (nSPS) is 12.2. The van der Waals surface area contributed by atoms with E-state index in [1.54, 1.807) is 52.5 Å². The van der Waals surface area contributed by atoms with Crippen LogP contribution in [0.25, 0.3) is 0 Å². The number of sulfonamides is 1. The second-order valence-electron chi connectivity index (χ2n) is 7.20. The van der Waals surface area contributed by atoms with Crippen LogP contribution < -0.4 is 13.8 Å². The molecule has 1 amide bonds. The van der Waals surface area contributed by atoms with Crippen LogP contribution in [0.1, 0.15) is 24.5 Å². The zero-order valence-electron chi connectivity index (χ0n) is 18.4. The van der Waals surface area contributed by atoms with E-state index in [2.05, 4.69) is 0 Å². The molecule has 0 saturated heterocycles. The number of methoxy groups -OCH3 is 2. The van der Waals surface area contributed by atoms with Gasteiger partial charge in [0.25, 0.3) is 0 Å². The molecule has 0 aliphatic rings. The van der Waals surface area contributed by atoms with E-state index >= 15 is 0 Å². The van der Waals surface area contributed by atoms with Crippen molar-refractivity contribution in [2.45, 2.75) is 32.9 Å². The summed E-state index contributed by atoms with van der Waals surface area (Å²) in [7, 11) is 1.11. The predicted octanol–water partition coefficient (Wildman–Crippen LogP) is 3.22. The van der Waals surface area contributed by atoms with Crippen molar-refractivity contribution in [1.82, 2.24) is 4.90 Å². The maximum absolute atomic E-state index is 13.2. The first-order valence-electron chi connectivity index (χ1n) is 9.64. The van der Waals surface area contributed by atoms with Crippen LogP contribution in [0.15, 0.2) is 42.5 Å². The third-order valence-corrected chi connectivity index (χ3v) is 6.02. The Kier molecular flexibility index (Phi) is 7.72. The molecule has 0 spiro atoms. The molecule has 1 atom stereocenters. The summed E-state index contributed by atoms with van der Waals surface area (Å²) in [5.74, 6) is 0.892. The molecule has 7 nitrogen and oxygen atoms in total. The number of anilines is 1. The number of carbonyl (C=O) groups is 1. The van der Waals surface area contributed by atoms with Gasteiger partial charge in [0, 0.05) is 13.6 Å². The van der Waals surface area contributed by atoms with Gasteiger partial charge in [-0.25, -0.2) is 8.42 Å². The minimum atomic E-state index is -3.66. The molecule has 0 radical (unpaired) electrons. The Balaban J connectivity index is 2.31. The van der Waals surface area contributed by atoms with Crippen molar-refractivity contribution in [2.24, 2.45) is 0 Å². The molecule has 0 unspecified atom stereocenters. The molecule has 8 heteroatoms. The molecular formula is C22H30N2O5S. The highest BCUT2D eigenvalue weighted by molar-refractivity contribution is 7.92. The number of aryl methyl sites for hydroxylation is 1. The smallest absolute Gasteiger partial charge is 0.246 e.